The maximum absolute atomic E-state index is 13.2. The number of fused-ring (bicyclic) bond motifs is 2. The molecule has 0 spiro atoms. The second-order valence-electron chi connectivity index (χ2n) is 7.66. The fourth-order valence-electron chi connectivity index (χ4n) is 4.19. The van der Waals surface area contributed by atoms with Gasteiger partial charge >= 0.3 is 0 Å². The molecule has 4 heterocycles. The maximum atomic E-state index is 13.2. The Morgan fingerprint density at radius 2 is 1.86 bits per heavy atom. The van der Waals surface area contributed by atoms with Gasteiger partial charge < -0.3 is 4.90 Å². The quantitative estimate of drug-likeness (QED) is 0.622. The zero-order valence-corrected chi connectivity index (χ0v) is 17.0. The van der Waals surface area contributed by atoms with Crippen LogP contribution in [0.1, 0.15) is 38.1 Å². The number of para-hydroxylation sites is 1. The van der Waals surface area contributed by atoms with Crippen LogP contribution in [-0.2, 0) is 4.79 Å². The molecule has 2 aliphatic rings. The van der Waals surface area contributed by atoms with E-state index in [1.54, 1.807) is 27.2 Å². The van der Waals surface area contributed by atoms with Crippen LogP contribution >= 0.6 is 11.8 Å². The van der Waals surface area contributed by atoms with Crippen molar-refractivity contribution in [2.75, 3.05) is 18.8 Å². The van der Waals surface area contributed by atoms with Gasteiger partial charge in [-0.1, -0.05) is 42.8 Å². The molecule has 0 aliphatic carbocycles. The molecule has 0 unspecified atom stereocenters. The molecule has 150 valence electrons. The Balaban J connectivity index is 1.46. The number of carbonyl (C=O) groups excluding carboxylic acids is 1. The Morgan fingerprint density at radius 3 is 2.62 bits per heavy atom. The van der Waals surface area contributed by atoms with Crippen molar-refractivity contribution in [1.82, 2.24) is 24.2 Å². The molecule has 0 N–H and O–H groups in total. The summed E-state index contributed by atoms with van der Waals surface area (Å²) in [4.78, 5) is 32.8. The van der Waals surface area contributed by atoms with E-state index in [1.807, 2.05) is 35.2 Å². The van der Waals surface area contributed by atoms with Crippen molar-refractivity contribution in [2.45, 2.75) is 43.3 Å². The molecule has 5 rings (SSSR count). The number of carbonyl (C=O) groups is 1. The van der Waals surface area contributed by atoms with Crippen LogP contribution in [0.5, 0.6) is 0 Å². The summed E-state index contributed by atoms with van der Waals surface area (Å²) in [5.74, 6) is 0.852. The summed E-state index contributed by atoms with van der Waals surface area (Å²) in [6, 6.07) is 9.54. The van der Waals surface area contributed by atoms with E-state index in [0.29, 0.717) is 28.4 Å². The van der Waals surface area contributed by atoms with E-state index in [2.05, 4.69) is 5.10 Å². The predicted octanol–water partition coefficient (Wildman–Crippen LogP) is 3.02. The van der Waals surface area contributed by atoms with Crippen molar-refractivity contribution < 1.29 is 4.79 Å². The summed E-state index contributed by atoms with van der Waals surface area (Å²) in [5, 5.41) is 5.56. The van der Waals surface area contributed by atoms with Gasteiger partial charge in [0.05, 0.1) is 17.9 Å². The second kappa shape index (κ2) is 7.67. The summed E-state index contributed by atoms with van der Waals surface area (Å²) in [6.45, 7) is 1.67. The normalized spacial score (nSPS) is 19.3. The number of hydrogen-bond acceptors (Lipinski definition) is 5. The lowest BCUT2D eigenvalue weighted by atomic mass is 10.2. The first-order chi connectivity index (χ1) is 14.2. The summed E-state index contributed by atoms with van der Waals surface area (Å²) >= 11 is 1.55. The highest BCUT2D eigenvalue weighted by atomic mass is 32.2. The zero-order valence-electron chi connectivity index (χ0n) is 16.2. The molecular formula is C21H23N5O2S. The smallest absolute Gasteiger partial charge is 0.265 e. The SMILES string of the molecule is O=C(C[C@@H]1CSc2nc3c(cnn3-c3ccccc3)c(=O)n21)N1CCCCCC1. The van der Waals surface area contributed by atoms with Crippen LogP contribution in [0.4, 0.5) is 0 Å². The molecule has 1 amide bonds. The van der Waals surface area contributed by atoms with Crippen LogP contribution in [0.3, 0.4) is 0 Å². The molecular weight excluding hydrogens is 386 g/mol. The van der Waals surface area contributed by atoms with Gasteiger partial charge in [-0.05, 0) is 25.0 Å². The molecule has 1 saturated heterocycles. The lowest BCUT2D eigenvalue weighted by molar-refractivity contribution is -0.131. The van der Waals surface area contributed by atoms with Gasteiger partial charge in [-0.3, -0.25) is 14.2 Å². The number of likely N-dealkylation sites (tertiary alicyclic amines) is 1. The first-order valence-electron chi connectivity index (χ1n) is 10.2. The molecule has 3 aromatic rings. The van der Waals surface area contributed by atoms with Gasteiger partial charge in [-0.15, -0.1) is 0 Å². The van der Waals surface area contributed by atoms with Crippen LogP contribution in [0.15, 0.2) is 46.5 Å². The van der Waals surface area contributed by atoms with Crippen molar-refractivity contribution in [3.63, 3.8) is 0 Å². The summed E-state index contributed by atoms with van der Waals surface area (Å²) in [6.07, 6.45) is 6.48. The lowest BCUT2D eigenvalue weighted by Gasteiger charge is -2.22. The van der Waals surface area contributed by atoms with Crippen LogP contribution in [0.2, 0.25) is 0 Å². The van der Waals surface area contributed by atoms with Gasteiger partial charge in [-0.25, -0.2) is 9.67 Å². The Hall–Kier alpha value is -2.61. The van der Waals surface area contributed by atoms with E-state index in [-0.39, 0.29) is 17.5 Å². The van der Waals surface area contributed by atoms with Gasteiger partial charge in [0.25, 0.3) is 5.56 Å². The first-order valence-corrected chi connectivity index (χ1v) is 11.2. The molecule has 7 nitrogen and oxygen atoms in total. The average molecular weight is 410 g/mol. The molecule has 0 saturated carbocycles. The third-order valence-electron chi connectivity index (χ3n) is 5.74. The second-order valence-corrected chi connectivity index (χ2v) is 8.65. The largest absolute Gasteiger partial charge is 0.343 e. The van der Waals surface area contributed by atoms with Gasteiger partial charge in [0.1, 0.15) is 5.39 Å². The molecule has 0 radical (unpaired) electrons. The summed E-state index contributed by atoms with van der Waals surface area (Å²) in [5.41, 5.74) is 1.33. The minimum absolute atomic E-state index is 0.106. The number of amides is 1. The number of thioether (sulfide) groups is 1. The predicted molar refractivity (Wildman–Crippen MR) is 113 cm³/mol. The first kappa shape index (κ1) is 18.4. The highest BCUT2D eigenvalue weighted by Crippen LogP contribution is 2.34. The number of hydrogen-bond donors (Lipinski definition) is 0. The molecule has 29 heavy (non-hydrogen) atoms. The van der Waals surface area contributed by atoms with E-state index >= 15 is 0 Å². The Morgan fingerprint density at radius 1 is 1.10 bits per heavy atom. The summed E-state index contributed by atoms with van der Waals surface area (Å²) < 4.78 is 3.41. The van der Waals surface area contributed by atoms with Crippen LogP contribution in [0, 0.1) is 0 Å². The maximum Gasteiger partial charge on any atom is 0.265 e. The van der Waals surface area contributed by atoms with Crippen molar-refractivity contribution in [2.24, 2.45) is 0 Å². The van der Waals surface area contributed by atoms with Crippen molar-refractivity contribution in [3.8, 4) is 5.69 Å². The van der Waals surface area contributed by atoms with Crippen molar-refractivity contribution in [1.29, 1.82) is 0 Å². The van der Waals surface area contributed by atoms with E-state index < -0.39 is 0 Å². The van der Waals surface area contributed by atoms with E-state index in [4.69, 9.17) is 4.98 Å². The van der Waals surface area contributed by atoms with E-state index in [0.717, 1.165) is 31.6 Å². The molecule has 1 aromatic carbocycles. The molecule has 1 atom stereocenters. The van der Waals surface area contributed by atoms with Crippen molar-refractivity contribution >= 4 is 28.7 Å². The fourth-order valence-corrected chi connectivity index (χ4v) is 5.32. The van der Waals surface area contributed by atoms with E-state index in [1.165, 1.54) is 12.8 Å². The van der Waals surface area contributed by atoms with Crippen LogP contribution in [0.25, 0.3) is 16.7 Å². The topological polar surface area (TPSA) is 73.0 Å². The minimum Gasteiger partial charge on any atom is -0.343 e. The minimum atomic E-state index is -0.143. The highest BCUT2D eigenvalue weighted by molar-refractivity contribution is 7.99. The third kappa shape index (κ3) is 3.35. The molecule has 2 aromatic heterocycles. The Bertz CT molecular complexity index is 1100. The Kier molecular flexibility index (Phi) is 4.87. The lowest BCUT2D eigenvalue weighted by Crippen LogP contribution is -2.35. The van der Waals surface area contributed by atoms with E-state index in [9.17, 15) is 9.59 Å². The molecule has 2 aliphatic heterocycles. The van der Waals surface area contributed by atoms with Gasteiger partial charge in [0, 0.05) is 25.3 Å². The number of nitrogens with zero attached hydrogens (tertiary/aromatic N) is 5. The summed E-state index contributed by atoms with van der Waals surface area (Å²) in [7, 11) is 0. The highest BCUT2D eigenvalue weighted by Gasteiger charge is 2.31. The average Bonchev–Trinajstić information content (AvgIpc) is 3.23. The number of benzene rings is 1. The zero-order chi connectivity index (χ0) is 19.8. The van der Waals surface area contributed by atoms with Gasteiger partial charge in [0.15, 0.2) is 10.8 Å². The van der Waals surface area contributed by atoms with Crippen LogP contribution in [-0.4, -0.2) is 49.0 Å². The van der Waals surface area contributed by atoms with Gasteiger partial charge in [-0.2, -0.15) is 5.10 Å². The van der Waals surface area contributed by atoms with Gasteiger partial charge in [0.2, 0.25) is 5.91 Å². The molecule has 0 bridgehead atoms. The molecule has 8 heteroatoms. The van der Waals surface area contributed by atoms with Crippen molar-refractivity contribution in [3.05, 3.63) is 46.9 Å². The Labute approximate surface area is 172 Å². The van der Waals surface area contributed by atoms with Crippen LogP contribution < -0.4 is 5.56 Å². The monoisotopic (exact) mass is 409 g/mol. The third-order valence-corrected chi connectivity index (χ3v) is 6.84. The fraction of sp³-hybridized carbons (Fsp3) is 0.429. The number of rotatable bonds is 3. The molecule has 1 fully saturated rings. The number of aromatic nitrogens is 4. The standard InChI is InChI=1S/C21H23N5O2S/c27-18(24-10-6-1-2-7-11-24)12-16-14-29-21-23-19-17(20(28)25(16)21)13-22-26(19)15-8-4-3-5-9-15/h3-5,8-9,13,16H,1-2,6-7,10-12,14H2/t16-/m1/s1.